The van der Waals surface area contributed by atoms with E-state index in [1.54, 1.807) is 0 Å². The topological polar surface area (TPSA) is 0 Å². The Kier molecular flexibility index (Phi) is 7.89. The van der Waals surface area contributed by atoms with Gasteiger partial charge in [0.05, 0.1) is 0 Å². The zero-order valence-corrected chi connectivity index (χ0v) is 11.4. The van der Waals surface area contributed by atoms with Crippen LogP contribution in [0.5, 0.6) is 0 Å². The van der Waals surface area contributed by atoms with Crippen molar-refractivity contribution in [1.82, 2.24) is 0 Å². The molecule has 0 aliphatic heterocycles. The fourth-order valence-corrected chi connectivity index (χ4v) is 1.20. The van der Waals surface area contributed by atoms with E-state index < -0.39 is 0 Å². The first-order valence-electron chi connectivity index (χ1n) is 4.64. The molecule has 0 aliphatic rings. The molecule has 0 saturated carbocycles. The second-order valence-electron chi connectivity index (χ2n) is 3.61. The van der Waals surface area contributed by atoms with Gasteiger partial charge in [0, 0.05) is 32.7 Å². The minimum Gasteiger partial charge on any atom is -0.324 e. The maximum Gasteiger partial charge on any atom is 0 e. The predicted molar refractivity (Wildman–Crippen MR) is 53.9 cm³/mol. The number of hydrogen-bond acceptors (Lipinski definition) is 0. The number of hydrogen-bond donors (Lipinski definition) is 0. The fraction of sp³-hybridized carbons (Fsp3) is 0.417. The molecule has 0 bridgehead atoms. The van der Waals surface area contributed by atoms with Gasteiger partial charge in [0.1, 0.15) is 0 Å². The zero-order valence-electron chi connectivity index (χ0n) is 8.53. The molecule has 69 valence electrons. The van der Waals surface area contributed by atoms with Gasteiger partial charge >= 0.3 is 0 Å². The van der Waals surface area contributed by atoms with Crippen molar-refractivity contribution in [2.45, 2.75) is 26.7 Å². The van der Waals surface area contributed by atoms with Gasteiger partial charge in [-0.25, -0.2) is 0 Å². The van der Waals surface area contributed by atoms with Gasteiger partial charge in [-0.3, -0.25) is 0 Å². The molecule has 0 N–H and O–H groups in total. The summed E-state index contributed by atoms with van der Waals surface area (Å²) >= 11 is 0. The van der Waals surface area contributed by atoms with Gasteiger partial charge in [0.25, 0.3) is 0 Å². The Labute approximate surface area is 107 Å². The van der Waals surface area contributed by atoms with Crippen molar-refractivity contribution in [2.75, 3.05) is 0 Å². The van der Waals surface area contributed by atoms with Crippen LogP contribution in [0.25, 0.3) is 0 Å². The Balaban J connectivity index is 0.00000144. The molecule has 1 radical (unpaired) electrons. The summed E-state index contributed by atoms with van der Waals surface area (Å²) in [5.41, 5.74) is 1.41. The molecular weight excluding hydrogens is 233 g/mol. The first-order chi connectivity index (χ1) is 5.79. The van der Waals surface area contributed by atoms with Gasteiger partial charge in [-0.15, -0.1) is 0 Å². The summed E-state index contributed by atoms with van der Waals surface area (Å²) in [4.78, 5) is 0. The van der Waals surface area contributed by atoms with Crippen LogP contribution in [0.2, 0.25) is 0 Å². The number of benzene rings is 1. The van der Waals surface area contributed by atoms with E-state index >= 15 is 0 Å². The molecule has 0 heterocycles. The minimum atomic E-state index is 0. The second-order valence-corrected chi connectivity index (χ2v) is 3.61. The van der Waals surface area contributed by atoms with E-state index in [9.17, 15) is 0 Å². The Morgan fingerprint density at radius 3 is 2.31 bits per heavy atom. The third kappa shape index (κ3) is 6.40. The summed E-state index contributed by atoms with van der Waals surface area (Å²) in [6.45, 7) is 4.50. The number of rotatable bonds is 4. The van der Waals surface area contributed by atoms with Crippen molar-refractivity contribution in [2.24, 2.45) is 5.92 Å². The van der Waals surface area contributed by atoms with Crippen LogP contribution in [-0.2, 0) is 39.1 Å². The fourth-order valence-electron chi connectivity index (χ4n) is 1.20. The predicted octanol–water partition coefficient (Wildman–Crippen LogP) is 3.48. The quantitative estimate of drug-likeness (QED) is 0.718. The maximum absolute atomic E-state index is 2.36. The Morgan fingerprint density at radius 1 is 1.15 bits per heavy atom. The average Bonchev–Trinajstić information content (AvgIpc) is 2.05. The SMILES string of the molecule is CC(C)C[CH-]Cc1ccccc1.[Y]. The van der Waals surface area contributed by atoms with Crippen molar-refractivity contribution >= 4 is 0 Å². The van der Waals surface area contributed by atoms with E-state index in [1.165, 1.54) is 12.0 Å². The van der Waals surface area contributed by atoms with Crippen molar-refractivity contribution < 1.29 is 32.7 Å². The summed E-state index contributed by atoms with van der Waals surface area (Å²) in [5, 5.41) is 0. The molecule has 0 atom stereocenters. The monoisotopic (exact) mass is 250 g/mol. The molecule has 1 aromatic carbocycles. The average molecular weight is 250 g/mol. The molecule has 0 nitrogen and oxygen atoms in total. The molecular formula is C12H17Y-. The molecule has 0 saturated heterocycles. The van der Waals surface area contributed by atoms with Crippen molar-refractivity contribution in [3.8, 4) is 0 Å². The van der Waals surface area contributed by atoms with E-state index in [1.807, 2.05) is 0 Å². The van der Waals surface area contributed by atoms with Gasteiger partial charge in [0.2, 0.25) is 0 Å². The molecule has 1 aromatic rings. The summed E-state index contributed by atoms with van der Waals surface area (Å²) in [6, 6.07) is 10.6. The molecule has 0 spiro atoms. The molecule has 0 aliphatic carbocycles. The summed E-state index contributed by atoms with van der Waals surface area (Å²) in [5.74, 6) is 0.786. The first-order valence-corrected chi connectivity index (χ1v) is 4.64. The normalized spacial score (nSPS) is 9.77. The molecule has 0 unspecified atom stereocenters. The van der Waals surface area contributed by atoms with Crippen LogP contribution < -0.4 is 0 Å². The van der Waals surface area contributed by atoms with Gasteiger partial charge < -0.3 is 6.42 Å². The van der Waals surface area contributed by atoms with E-state index in [-0.39, 0.29) is 32.7 Å². The minimum absolute atomic E-state index is 0. The van der Waals surface area contributed by atoms with E-state index in [4.69, 9.17) is 0 Å². The molecule has 0 amide bonds. The van der Waals surface area contributed by atoms with Crippen LogP contribution in [0, 0.1) is 12.3 Å². The molecule has 0 fully saturated rings. The Morgan fingerprint density at radius 2 is 1.77 bits per heavy atom. The smallest absolute Gasteiger partial charge is 0 e. The third-order valence-electron chi connectivity index (χ3n) is 1.86. The van der Waals surface area contributed by atoms with Gasteiger partial charge in [-0.05, 0) is 0 Å². The standard InChI is InChI=1S/C12H17.Y/c1-11(2)7-6-10-12-8-4-3-5-9-12;/h3-6,8-9,11H,7,10H2,1-2H3;/q-1;. The van der Waals surface area contributed by atoms with Crippen molar-refractivity contribution in [3.63, 3.8) is 0 Å². The van der Waals surface area contributed by atoms with Crippen LogP contribution in [0.1, 0.15) is 25.8 Å². The Bertz CT molecular complexity index is 204. The maximum atomic E-state index is 2.36. The third-order valence-corrected chi connectivity index (χ3v) is 1.86. The van der Waals surface area contributed by atoms with Gasteiger partial charge in [-0.1, -0.05) is 55.7 Å². The van der Waals surface area contributed by atoms with Crippen LogP contribution in [0.3, 0.4) is 0 Å². The van der Waals surface area contributed by atoms with E-state index in [0.717, 1.165) is 12.3 Å². The summed E-state index contributed by atoms with van der Waals surface area (Å²) in [7, 11) is 0. The second kappa shape index (κ2) is 7.70. The van der Waals surface area contributed by atoms with Crippen LogP contribution in [-0.4, -0.2) is 0 Å². The summed E-state index contributed by atoms with van der Waals surface area (Å²) in [6.07, 6.45) is 4.69. The molecule has 1 rings (SSSR count). The van der Waals surface area contributed by atoms with Crippen molar-refractivity contribution in [3.05, 3.63) is 42.3 Å². The van der Waals surface area contributed by atoms with Gasteiger partial charge in [0.15, 0.2) is 0 Å². The van der Waals surface area contributed by atoms with E-state index in [0.29, 0.717) is 0 Å². The van der Waals surface area contributed by atoms with Crippen LogP contribution in [0.4, 0.5) is 0 Å². The molecule has 13 heavy (non-hydrogen) atoms. The van der Waals surface area contributed by atoms with Crippen molar-refractivity contribution in [1.29, 1.82) is 0 Å². The summed E-state index contributed by atoms with van der Waals surface area (Å²) < 4.78 is 0. The van der Waals surface area contributed by atoms with Crippen LogP contribution in [0.15, 0.2) is 30.3 Å². The Hall–Kier alpha value is 0.324. The van der Waals surface area contributed by atoms with E-state index in [2.05, 4.69) is 50.6 Å². The molecule has 1 heteroatoms. The largest absolute Gasteiger partial charge is 0.324 e. The zero-order chi connectivity index (χ0) is 8.81. The first kappa shape index (κ1) is 13.3. The van der Waals surface area contributed by atoms with Gasteiger partial charge in [-0.2, -0.15) is 12.8 Å². The van der Waals surface area contributed by atoms with Crippen LogP contribution >= 0.6 is 0 Å². The molecule has 0 aromatic heterocycles.